The third kappa shape index (κ3) is 5.36. The van der Waals surface area contributed by atoms with E-state index in [1.807, 2.05) is 6.07 Å². The number of rotatable bonds is 8. The summed E-state index contributed by atoms with van der Waals surface area (Å²) in [4.78, 5) is 15.1. The number of nitrogens with zero attached hydrogens (tertiary/aromatic N) is 1. The van der Waals surface area contributed by atoms with Crippen molar-refractivity contribution < 1.29 is 26.7 Å². The van der Waals surface area contributed by atoms with Crippen LogP contribution >= 0.6 is 15.9 Å². The molecule has 2 heterocycles. The maximum atomic E-state index is 16.1. The predicted molar refractivity (Wildman–Crippen MR) is 151 cm³/mol. The van der Waals surface area contributed by atoms with E-state index >= 15 is 8.78 Å². The van der Waals surface area contributed by atoms with Crippen LogP contribution in [0.3, 0.4) is 0 Å². The van der Waals surface area contributed by atoms with Crippen molar-refractivity contribution in [2.75, 3.05) is 0 Å². The Labute approximate surface area is 240 Å². The fraction of sp³-hybridized carbons (Fsp3) is 0.414. The summed E-state index contributed by atoms with van der Waals surface area (Å²) >= 11 is 3.24. The fourth-order valence-electron chi connectivity index (χ4n) is 5.89. The van der Waals surface area contributed by atoms with Crippen LogP contribution in [0.1, 0.15) is 44.1 Å². The van der Waals surface area contributed by atoms with Crippen LogP contribution in [-0.2, 0) is 20.7 Å². The molecule has 212 valence electrons. The van der Waals surface area contributed by atoms with Gasteiger partial charge < -0.3 is 15.4 Å². The Morgan fingerprint density at radius 1 is 0.975 bits per heavy atom. The summed E-state index contributed by atoms with van der Waals surface area (Å²) in [6.45, 7) is 0. The highest BCUT2D eigenvalue weighted by molar-refractivity contribution is 9.10. The van der Waals surface area contributed by atoms with E-state index in [1.54, 1.807) is 18.2 Å². The van der Waals surface area contributed by atoms with E-state index < -0.39 is 33.5 Å². The minimum Gasteiger partial charge on any atom is -0.490 e. The molecule has 0 aromatic heterocycles. The van der Waals surface area contributed by atoms with E-state index in [-0.39, 0.29) is 29.1 Å². The second-order valence-corrected chi connectivity index (χ2v) is 13.7. The van der Waals surface area contributed by atoms with Crippen molar-refractivity contribution in [2.45, 2.75) is 79.6 Å². The molecule has 2 saturated heterocycles. The first-order valence-electron chi connectivity index (χ1n) is 13.5. The fourth-order valence-corrected chi connectivity index (χ4v) is 7.38. The van der Waals surface area contributed by atoms with Gasteiger partial charge in [0.05, 0.1) is 11.0 Å². The van der Waals surface area contributed by atoms with Gasteiger partial charge in [-0.05, 0) is 85.7 Å². The molecule has 3 N–H and O–H groups in total. The smallest absolute Gasteiger partial charge is 0.298 e. The van der Waals surface area contributed by atoms with Crippen LogP contribution in [0.5, 0.6) is 5.75 Å². The first-order chi connectivity index (χ1) is 19.0. The van der Waals surface area contributed by atoms with Crippen molar-refractivity contribution in [2.24, 2.45) is 5.73 Å². The van der Waals surface area contributed by atoms with Crippen LogP contribution in [0, 0.1) is 0 Å². The largest absolute Gasteiger partial charge is 0.490 e. The van der Waals surface area contributed by atoms with Gasteiger partial charge in [0, 0.05) is 28.2 Å². The van der Waals surface area contributed by atoms with Crippen molar-refractivity contribution in [3.63, 3.8) is 0 Å². The van der Waals surface area contributed by atoms with Crippen LogP contribution < -0.4 is 15.2 Å². The summed E-state index contributed by atoms with van der Waals surface area (Å²) in [6.07, 6.45) is 4.56. The highest BCUT2D eigenvalue weighted by Crippen LogP contribution is 2.40. The van der Waals surface area contributed by atoms with Gasteiger partial charge in [-0.25, -0.2) is 8.42 Å². The third-order valence-electron chi connectivity index (χ3n) is 8.06. The molecule has 3 atom stereocenters. The summed E-state index contributed by atoms with van der Waals surface area (Å²) in [5.74, 6) is -4.06. The van der Waals surface area contributed by atoms with Gasteiger partial charge in [0.2, 0.25) is 15.9 Å². The molecule has 1 saturated carbocycles. The molecule has 3 fully saturated rings. The normalized spacial score (nSPS) is 23.8. The zero-order chi connectivity index (χ0) is 28.2. The number of nitrogens with two attached hydrogens (primary N) is 1. The van der Waals surface area contributed by atoms with Crippen molar-refractivity contribution >= 4 is 42.6 Å². The molecule has 0 spiro atoms. The average Bonchev–Trinajstić information content (AvgIpc) is 3.69. The molecule has 3 aromatic carbocycles. The molecule has 2 aliphatic heterocycles. The number of carbonyl (C=O) groups is 1. The molecular weight excluding hydrogens is 604 g/mol. The van der Waals surface area contributed by atoms with Gasteiger partial charge in [-0.2, -0.15) is 13.5 Å². The SMILES string of the molecule is NC1CC2CCC(C1)N2C(=O)[C@H](NS(=O)(=O)c1ccc2cc(OC3CC3)ccc2c1)C(F)(F)c1ccc(Br)cc1. The van der Waals surface area contributed by atoms with E-state index in [9.17, 15) is 13.2 Å². The Balaban J connectivity index is 1.34. The van der Waals surface area contributed by atoms with Gasteiger partial charge in [0.15, 0.2) is 6.04 Å². The number of benzene rings is 3. The first kappa shape index (κ1) is 27.6. The highest BCUT2D eigenvalue weighted by Gasteiger charge is 2.53. The van der Waals surface area contributed by atoms with E-state index in [0.29, 0.717) is 41.3 Å². The molecule has 11 heteroatoms. The standard InChI is InChI=1S/C29H30BrF2N3O4S/c30-20-5-3-19(4-6-20)29(31,32)27(28(36)35-22-7-8-23(35)16-21(33)15-22)34-40(37,38)26-12-2-17-13-25(39-24-10-11-24)9-1-18(17)14-26/h1-6,9,12-14,21-24,27,34H,7-8,10-11,15-16,33H2/t21?,22?,23?,27-/m0/s1. The van der Waals surface area contributed by atoms with Crippen LogP contribution in [-0.4, -0.2) is 49.5 Å². The lowest BCUT2D eigenvalue weighted by molar-refractivity contribution is -0.149. The monoisotopic (exact) mass is 633 g/mol. The Bertz CT molecular complexity index is 1530. The number of amides is 1. The molecule has 1 amide bonds. The lowest BCUT2D eigenvalue weighted by atomic mass is 9.95. The summed E-state index contributed by atoms with van der Waals surface area (Å²) in [6, 6.07) is 11.9. The summed E-state index contributed by atoms with van der Waals surface area (Å²) in [7, 11) is -4.52. The third-order valence-corrected chi connectivity index (χ3v) is 10.0. The number of hydrogen-bond donors (Lipinski definition) is 2. The van der Waals surface area contributed by atoms with E-state index in [4.69, 9.17) is 10.5 Å². The molecule has 3 aliphatic rings. The van der Waals surface area contributed by atoms with Gasteiger partial charge >= 0.3 is 0 Å². The zero-order valence-electron chi connectivity index (χ0n) is 21.6. The second kappa shape index (κ2) is 10.3. The van der Waals surface area contributed by atoms with Gasteiger partial charge in [0.1, 0.15) is 5.75 Å². The average molecular weight is 635 g/mol. The van der Waals surface area contributed by atoms with Gasteiger partial charge in [0.25, 0.3) is 5.92 Å². The number of fused-ring (bicyclic) bond motifs is 3. The number of hydrogen-bond acceptors (Lipinski definition) is 5. The Hall–Kier alpha value is -2.60. The molecule has 0 radical (unpaired) electrons. The zero-order valence-corrected chi connectivity index (χ0v) is 24.0. The summed E-state index contributed by atoms with van der Waals surface area (Å²) in [5, 5.41) is 1.36. The van der Waals surface area contributed by atoms with Crippen molar-refractivity contribution in [3.05, 3.63) is 70.7 Å². The summed E-state index contributed by atoms with van der Waals surface area (Å²) in [5.41, 5.74) is 5.68. The van der Waals surface area contributed by atoms with E-state index in [0.717, 1.165) is 18.2 Å². The number of ether oxygens (including phenoxy) is 1. The predicted octanol–water partition coefficient (Wildman–Crippen LogP) is 5.06. The Kier molecular flexibility index (Phi) is 7.13. The molecule has 2 unspecified atom stereocenters. The van der Waals surface area contributed by atoms with E-state index in [1.165, 1.54) is 41.3 Å². The lowest BCUT2D eigenvalue weighted by Gasteiger charge is -2.41. The minimum atomic E-state index is -4.52. The lowest BCUT2D eigenvalue weighted by Crippen LogP contribution is -2.60. The van der Waals surface area contributed by atoms with Gasteiger partial charge in [-0.3, -0.25) is 4.79 Å². The Morgan fingerprint density at radius 3 is 2.25 bits per heavy atom. The van der Waals surface area contributed by atoms with Crippen molar-refractivity contribution in [1.29, 1.82) is 0 Å². The first-order valence-corrected chi connectivity index (χ1v) is 15.7. The highest BCUT2D eigenvalue weighted by atomic mass is 79.9. The maximum Gasteiger partial charge on any atom is 0.298 e. The quantitative estimate of drug-likeness (QED) is 0.361. The van der Waals surface area contributed by atoms with Crippen LogP contribution in [0.2, 0.25) is 0 Å². The number of nitrogens with one attached hydrogen (secondary N) is 1. The van der Waals surface area contributed by atoms with Crippen LogP contribution in [0.15, 0.2) is 70.0 Å². The molecule has 40 heavy (non-hydrogen) atoms. The molecule has 7 nitrogen and oxygen atoms in total. The maximum absolute atomic E-state index is 16.1. The van der Waals surface area contributed by atoms with Crippen LogP contribution in [0.25, 0.3) is 10.8 Å². The number of sulfonamides is 1. The number of alkyl halides is 2. The number of carbonyl (C=O) groups excluding carboxylic acids is 1. The van der Waals surface area contributed by atoms with E-state index in [2.05, 4.69) is 20.7 Å². The molecule has 6 rings (SSSR count). The summed E-state index contributed by atoms with van der Waals surface area (Å²) < 4.78 is 68.0. The minimum absolute atomic E-state index is 0.114. The Morgan fingerprint density at radius 2 is 1.60 bits per heavy atom. The van der Waals surface area contributed by atoms with Gasteiger partial charge in [-0.15, -0.1) is 0 Å². The topological polar surface area (TPSA) is 102 Å². The van der Waals surface area contributed by atoms with Gasteiger partial charge in [-0.1, -0.05) is 40.2 Å². The molecule has 1 aliphatic carbocycles. The molecular formula is C29H30BrF2N3O4S. The number of halogens is 3. The molecule has 2 bridgehead atoms. The number of piperidine rings is 1. The molecule has 3 aromatic rings. The van der Waals surface area contributed by atoms with Crippen LogP contribution in [0.4, 0.5) is 8.78 Å². The van der Waals surface area contributed by atoms with Crippen molar-refractivity contribution in [3.8, 4) is 5.75 Å². The van der Waals surface area contributed by atoms with Crippen molar-refractivity contribution in [1.82, 2.24) is 9.62 Å². The second-order valence-electron chi connectivity index (χ2n) is 11.0.